The van der Waals surface area contributed by atoms with E-state index in [0.29, 0.717) is 11.5 Å². The second-order valence-corrected chi connectivity index (χ2v) is 12.7. The minimum Gasteiger partial charge on any atom is -0.317 e. The average molecular weight is 578 g/mol. The van der Waals surface area contributed by atoms with Crippen LogP contribution in [0.1, 0.15) is 74.8 Å². The van der Waals surface area contributed by atoms with Gasteiger partial charge < -0.3 is 10.6 Å². The molecule has 1 aromatic heterocycles. The molecule has 0 aliphatic carbocycles. The van der Waals surface area contributed by atoms with E-state index in [2.05, 4.69) is 36.7 Å². The zero-order valence-electron chi connectivity index (χ0n) is 25.9. The molecule has 7 heteroatoms. The molecular weight excluding hydrogens is 534 g/mol. The summed E-state index contributed by atoms with van der Waals surface area (Å²) < 4.78 is 1.77. The Morgan fingerprint density at radius 2 is 1.56 bits per heavy atom. The number of benzene rings is 3. The van der Waals surface area contributed by atoms with Crippen molar-refractivity contribution in [3.63, 3.8) is 0 Å². The summed E-state index contributed by atoms with van der Waals surface area (Å²) >= 11 is 0. The summed E-state index contributed by atoms with van der Waals surface area (Å²) in [5, 5.41) is 14.4. The lowest BCUT2D eigenvalue weighted by molar-refractivity contribution is -0.123. The smallest absolute Gasteiger partial charge is 0.317 e. The van der Waals surface area contributed by atoms with E-state index in [1.165, 1.54) is 0 Å². The van der Waals surface area contributed by atoms with Crippen molar-refractivity contribution in [2.24, 2.45) is 5.92 Å². The quantitative estimate of drug-likeness (QED) is 0.201. The molecule has 1 saturated heterocycles. The number of carbonyl (C=O) groups is 2. The fraction of sp³-hybridized carbons (Fsp3) is 0.361. The molecule has 1 fully saturated rings. The molecule has 4 aromatic rings. The maximum atomic E-state index is 14.2. The standard InChI is InChI=1S/C36H43N5O2/c1-24-15-17-28(18-16-24)41-32(23-31(40-41)36(3,4)5)39-35(43)38-30-14-10-9-13-29(30)33(27-19-21-37-22-20-27)34(42)25(2)26-11-7-6-8-12-26/h6-18,23,25,27,33,37H,19-22H2,1-5H3,(H2,38,39,43). The SMILES string of the molecule is Cc1ccc(-n2nc(C(C)(C)C)cc2NC(=O)Nc2ccccc2C(C(=O)C(C)c2ccccc2)C2CCNCC2)cc1. The molecule has 0 radical (unpaired) electrons. The van der Waals surface area contributed by atoms with Gasteiger partial charge in [0, 0.05) is 29.0 Å². The average Bonchev–Trinajstić information content (AvgIpc) is 3.43. The lowest BCUT2D eigenvalue weighted by Gasteiger charge is -2.33. The van der Waals surface area contributed by atoms with E-state index in [9.17, 15) is 9.59 Å². The first-order valence-electron chi connectivity index (χ1n) is 15.3. The number of urea groups is 1. The fourth-order valence-corrected chi connectivity index (χ4v) is 5.86. The maximum absolute atomic E-state index is 14.2. The van der Waals surface area contributed by atoms with Crippen LogP contribution in [0.2, 0.25) is 0 Å². The van der Waals surface area contributed by atoms with Crippen LogP contribution in [0.5, 0.6) is 0 Å². The predicted octanol–water partition coefficient (Wildman–Crippen LogP) is 7.58. The molecule has 224 valence electrons. The molecule has 0 saturated carbocycles. The number of anilines is 2. The van der Waals surface area contributed by atoms with Gasteiger partial charge in [-0.25, -0.2) is 9.48 Å². The molecule has 3 aromatic carbocycles. The van der Waals surface area contributed by atoms with Crippen LogP contribution < -0.4 is 16.0 Å². The number of amides is 2. The Balaban J connectivity index is 1.45. The molecule has 7 nitrogen and oxygen atoms in total. The highest BCUT2D eigenvalue weighted by Gasteiger charge is 2.35. The second kappa shape index (κ2) is 13.0. The van der Waals surface area contributed by atoms with E-state index < -0.39 is 0 Å². The van der Waals surface area contributed by atoms with Gasteiger partial charge in [-0.2, -0.15) is 5.10 Å². The third kappa shape index (κ3) is 7.05. The third-order valence-electron chi connectivity index (χ3n) is 8.43. The van der Waals surface area contributed by atoms with Crippen molar-refractivity contribution in [1.29, 1.82) is 0 Å². The van der Waals surface area contributed by atoms with Gasteiger partial charge in [-0.1, -0.05) is 93.9 Å². The minimum absolute atomic E-state index is 0.181. The number of aryl methyl sites for hydroxylation is 1. The lowest BCUT2D eigenvalue weighted by Crippen LogP contribution is -2.35. The van der Waals surface area contributed by atoms with E-state index in [1.54, 1.807) is 4.68 Å². The number of nitrogens with zero attached hydrogens (tertiary/aromatic N) is 2. The van der Waals surface area contributed by atoms with Crippen molar-refractivity contribution in [3.05, 3.63) is 107 Å². The number of Topliss-reactive ketones (excluding diaryl/α,β-unsaturated/α-hetero) is 1. The molecule has 43 heavy (non-hydrogen) atoms. The number of para-hydroxylation sites is 1. The molecule has 2 heterocycles. The number of hydrogen-bond acceptors (Lipinski definition) is 4. The van der Waals surface area contributed by atoms with Gasteiger partial charge >= 0.3 is 6.03 Å². The number of rotatable bonds is 8. The van der Waals surface area contributed by atoms with Crippen LogP contribution >= 0.6 is 0 Å². The summed E-state index contributed by atoms with van der Waals surface area (Å²) in [6, 6.07) is 27.3. The van der Waals surface area contributed by atoms with E-state index in [4.69, 9.17) is 5.10 Å². The van der Waals surface area contributed by atoms with Crippen LogP contribution in [-0.4, -0.2) is 34.7 Å². The molecule has 1 aliphatic heterocycles. The Bertz CT molecular complexity index is 1550. The maximum Gasteiger partial charge on any atom is 0.324 e. The second-order valence-electron chi connectivity index (χ2n) is 12.7. The van der Waals surface area contributed by atoms with Crippen molar-refractivity contribution in [2.75, 3.05) is 23.7 Å². The summed E-state index contributed by atoms with van der Waals surface area (Å²) in [5.41, 5.74) is 5.20. The van der Waals surface area contributed by atoms with E-state index in [0.717, 1.165) is 54.0 Å². The zero-order chi connectivity index (χ0) is 30.6. The molecule has 1 aliphatic rings. The van der Waals surface area contributed by atoms with Crippen molar-refractivity contribution >= 4 is 23.3 Å². The molecule has 2 amide bonds. The summed E-state index contributed by atoms with van der Waals surface area (Å²) in [7, 11) is 0. The summed E-state index contributed by atoms with van der Waals surface area (Å²) in [6.07, 6.45) is 1.81. The highest BCUT2D eigenvalue weighted by Crippen LogP contribution is 2.39. The van der Waals surface area contributed by atoms with E-state index >= 15 is 0 Å². The van der Waals surface area contributed by atoms with Crippen molar-refractivity contribution in [1.82, 2.24) is 15.1 Å². The minimum atomic E-state index is -0.381. The molecule has 0 spiro atoms. The molecule has 5 rings (SSSR count). The summed E-state index contributed by atoms with van der Waals surface area (Å²) in [4.78, 5) is 27.8. The first-order valence-corrected chi connectivity index (χ1v) is 15.3. The van der Waals surface area contributed by atoms with Gasteiger partial charge in [0.05, 0.1) is 11.4 Å². The Labute approximate surface area is 255 Å². The first kappa shape index (κ1) is 30.2. The van der Waals surface area contributed by atoms with Crippen LogP contribution in [-0.2, 0) is 10.2 Å². The number of carbonyl (C=O) groups excluding carboxylic acids is 2. The fourth-order valence-electron chi connectivity index (χ4n) is 5.86. The van der Waals surface area contributed by atoms with Crippen molar-refractivity contribution in [2.45, 2.75) is 64.7 Å². The first-order chi connectivity index (χ1) is 20.6. The van der Waals surface area contributed by atoms with Crippen molar-refractivity contribution in [3.8, 4) is 5.69 Å². The highest BCUT2D eigenvalue weighted by molar-refractivity contribution is 6.01. The summed E-state index contributed by atoms with van der Waals surface area (Å²) in [5.74, 6) is 0.345. The Kier molecular flexibility index (Phi) is 9.11. The van der Waals surface area contributed by atoms with Gasteiger partial charge in [-0.05, 0) is 68.1 Å². The van der Waals surface area contributed by atoms with Crippen molar-refractivity contribution < 1.29 is 9.59 Å². The third-order valence-corrected chi connectivity index (χ3v) is 8.43. The van der Waals surface area contributed by atoms with Gasteiger partial charge in [-0.15, -0.1) is 0 Å². The van der Waals surface area contributed by atoms with E-state index in [1.807, 2.05) is 98.8 Å². The number of ketones is 1. The van der Waals surface area contributed by atoms with Crippen LogP contribution in [0, 0.1) is 12.8 Å². The summed E-state index contributed by atoms with van der Waals surface area (Å²) in [6.45, 7) is 12.1. The predicted molar refractivity (Wildman–Crippen MR) is 174 cm³/mol. The van der Waals surface area contributed by atoms with E-state index in [-0.39, 0.29) is 35.0 Å². The molecule has 3 N–H and O–H groups in total. The largest absolute Gasteiger partial charge is 0.324 e. The lowest BCUT2D eigenvalue weighted by atomic mass is 9.73. The van der Waals surface area contributed by atoms with Gasteiger partial charge in [0.25, 0.3) is 0 Å². The van der Waals surface area contributed by atoms with Crippen LogP contribution in [0.15, 0.2) is 84.9 Å². The monoisotopic (exact) mass is 577 g/mol. The molecule has 2 atom stereocenters. The molecule has 0 bridgehead atoms. The number of aromatic nitrogens is 2. The number of piperidine rings is 1. The van der Waals surface area contributed by atoms with Crippen LogP contribution in [0.4, 0.5) is 16.3 Å². The highest BCUT2D eigenvalue weighted by atomic mass is 16.2. The zero-order valence-corrected chi connectivity index (χ0v) is 25.9. The Morgan fingerprint density at radius 1 is 0.907 bits per heavy atom. The van der Waals surface area contributed by atoms with Gasteiger partial charge in [-0.3, -0.25) is 10.1 Å². The van der Waals surface area contributed by atoms with Gasteiger partial charge in [0.15, 0.2) is 0 Å². The topological polar surface area (TPSA) is 88.1 Å². The Morgan fingerprint density at radius 3 is 2.23 bits per heavy atom. The Hall–Kier alpha value is -4.23. The molecular formula is C36H43N5O2. The van der Waals surface area contributed by atoms with Crippen LogP contribution in [0.3, 0.4) is 0 Å². The van der Waals surface area contributed by atoms with Gasteiger partial charge in [0.1, 0.15) is 11.6 Å². The normalized spacial score (nSPS) is 15.5. The van der Waals surface area contributed by atoms with Crippen LogP contribution in [0.25, 0.3) is 5.69 Å². The number of nitrogens with one attached hydrogen (secondary N) is 3. The van der Waals surface area contributed by atoms with Gasteiger partial charge in [0.2, 0.25) is 0 Å². The number of hydrogen-bond donors (Lipinski definition) is 3. The molecule has 2 unspecified atom stereocenters.